The van der Waals surface area contributed by atoms with Gasteiger partial charge in [-0.2, -0.15) is 0 Å². The van der Waals surface area contributed by atoms with Crippen LogP contribution in [0.1, 0.15) is 5.69 Å². The van der Waals surface area contributed by atoms with Gasteiger partial charge in [-0.15, -0.1) is 0 Å². The van der Waals surface area contributed by atoms with Gasteiger partial charge in [-0.1, -0.05) is 36.4 Å². The first kappa shape index (κ1) is 12.6. The van der Waals surface area contributed by atoms with Gasteiger partial charge in [-0.05, 0) is 18.4 Å². The Morgan fingerprint density at radius 2 is 1.81 bits per heavy atom. The Hall–Kier alpha value is -2.13. The van der Waals surface area contributed by atoms with E-state index in [0.717, 1.165) is 37.5 Å². The van der Waals surface area contributed by atoms with Crippen molar-refractivity contribution in [3.63, 3.8) is 0 Å². The van der Waals surface area contributed by atoms with Crippen LogP contribution in [0, 0.1) is 6.92 Å². The van der Waals surface area contributed by atoms with Crippen molar-refractivity contribution in [1.29, 1.82) is 0 Å². The van der Waals surface area contributed by atoms with Crippen LogP contribution in [-0.2, 0) is 4.74 Å². The quantitative estimate of drug-likeness (QED) is 0.637. The van der Waals surface area contributed by atoms with Gasteiger partial charge in [0.2, 0.25) is 0 Å². The summed E-state index contributed by atoms with van der Waals surface area (Å²) < 4.78 is 5.48. The Morgan fingerprint density at radius 1 is 1.00 bits per heavy atom. The van der Waals surface area contributed by atoms with Crippen LogP contribution in [0.4, 0.5) is 5.69 Å². The number of morpholine rings is 1. The molecule has 3 nitrogen and oxygen atoms in total. The fraction of sp³-hybridized carbons (Fsp3) is 0.278. The number of anilines is 1. The summed E-state index contributed by atoms with van der Waals surface area (Å²) in [6, 6.07) is 15.1. The lowest BCUT2D eigenvalue weighted by Crippen LogP contribution is -2.36. The second kappa shape index (κ2) is 5.01. The molecule has 0 bridgehead atoms. The van der Waals surface area contributed by atoms with Gasteiger partial charge in [0.15, 0.2) is 0 Å². The van der Waals surface area contributed by atoms with Gasteiger partial charge in [-0.3, -0.25) is 4.98 Å². The second-order valence-corrected chi connectivity index (χ2v) is 5.57. The van der Waals surface area contributed by atoms with Crippen molar-refractivity contribution in [3.05, 3.63) is 48.2 Å². The molecule has 21 heavy (non-hydrogen) atoms. The van der Waals surface area contributed by atoms with Crippen LogP contribution >= 0.6 is 0 Å². The average molecular weight is 278 g/mol. The maximum atomic E-state index is 5.48. The Bertz CT molecular complexity index is 807. The molecule has 0 saturated carbocycles. The number of ether oxygens (including phenoxy) is 1. The van der Waals surface area contributed by atoms with E-state index in [1.807, 2.05) is 0 Å². The minimum Gasteiger partial charge on any atom is -0.378 e. The normalized spacial score (nSPS) is 15.8. The summed E-state index contributed by atoms with van der Waals surface area (Å²) in [5, 5.41) is 3.71. The molecule has 3 heteroatoms. The monoisotopic (exact) mass is 278 g/mol. The highest BCUT2D eigenvalue weighted by atomic mass is 16.5. The van der Waals surface area contributed by atoms with Crippen LogP contribution in [0.5, 0.6) is 0 Å². The highest BCUT2D eigenvalue weighted by Crippen LogP contribution is 2.32. The molecule has 1 aliphatic rings. The maximum absolute atomic E-state index is 5.48. The van der Waals surface area contributed by atoms with Crippen molar-refractivity contribution in [1.82, 2.24) is 4.98 Å². The first-order valence-corrected chi connectivity index (χ1v) is 7.45. The molecule has 1 aliphatic heterocycles. The molecule has 2 heterocycles. The Morgan fingerprint density at radius 3 is 2.67 bits per heavy atom. The van der Waals surface area contributed by atoms with Crippen molar-refractivity contribution >= 4 is 27.4 Å². The average Bonchev–Trinajstić information content (AvgIpc) is 2.55. The number of fused-ring (bicyclic) bond motifs is 3. The molecule has 3 aromatic rings. The minimum atomic E-state index is 0.802. The molecule has 0 amide bonds. The number of aryl methyl sites for hydroxylation is 1. The highest BCUT2D eigenvalue weighted by molar-refractivity contribution is 6.09. The van der Waals surface area contributed by atoms with Gasteiger partial charge in [-0.25, -0.2) is 0 Å². The van der Waals surface area contributed by atoms with E-state index in [-0.39, 0.29) is 0 Å². The topological polar surface area (TPSA) is 25.4 Å². The number of hydrogen-bond acceptors (Lipinski definition) is 3. The maximum Gasteiger partial charge on any atom is 0.0804 e. The Balaban J connectivity index is 2.00. The first-order chi connectivity index (χ1) is 10.3. The third-order valence-corrected chi connectivity index (χ3v) is 4.16. The number of benzene rings is 2. The summed E-state index contributed by atoms with van der Waals surface area (Å²) in [6.45, 7) is 5.58. The Kier molecular flexibility index (Phi) is 3.00. The molecule has 4 rings (SSSR count). The van der Waals surface area contributed by atoms with Crippen LogP contribution in [0.25, 0.3) is 21.7 Å². The largest absolute Gasteiger partial charge is 0.378 e. The predicted octanol–water partition coefficient (Wildman–Crippen LogP) is 3.53. The van der Waals surface area contributed by atoms with E-state index in [1.54, 1.807) is 0 Å². The molecule has 0 unspecified atom stereocenters. The summed E-state index contributed by atoms with van der Waals surface area (Å²) in [6.07, 6.45) is 0. The van der Waals surface area contributed by atoms with E-state index in [1.165, 1.54) is 21.8 Å². The van der Waals surface area contributed by atoms with Gasteiger partial charge < -0.3 is 9.64 Å². The van der Waals surface area contributed by atoms with Gasteiger partial charge in [0, 0.05) is 35.2 Å². The second-order valence-electron chi connectivity index (χ2n) is 5.57. The van der Waals surface area contributed by atoms with E-state index in [2.05, 4.69) is 54.3 Å². The van der Waals surface area contributed by atoms with Crippen LogP contribution in [-0.4, -0.2) is 31.3 Å². The van der Waals surface area contributed by atoms with E-state index in [0.29, 0.717) is 0 Å². The molecule has 106 valence electrons. The minimum absolute atomic E-state index is 0.802. The van der Waals surface area contributed by atoms with E-state index >= 15 is 0 Å². The molecule has 0 aliphatic carbocycles. The molecule has 0 spiro atoms. The fourth-order valence-electron chi connectivity index (χ4n) is 3.13. The SMILES string of the molecule is Cc1cc(N2CCOCC2)c2ccc3ccccc3c2n1. The molecular formula is C18H18N2O. The molecule has 2 aromatic carbocycles. The standard InChI is InChI=1S/C18H18N2O/c1-13-12-17(20-8-10-21-11-9-20)16-7-6-14-4-2-3-5-15(14)18(16)19-13/h2-7,12H,8-11H2,1H3. The summed E-state index contributed by atoms with van der Waals surface area (Å²) in [7, 11) is 0. The summed E-state index contributed by atoms with van der Waals surface area (Å²) >= 11 is 0. The smallest absolute Gasteiger partial charge is 0.0804 e. The molecule has 0 N–H and O–H groups in total. The third kappa shape index (κ3) is 2.14. The van der Waals surface area contributed by atoms with Crippen LogP contribution in [0.2, 0.25) is 0 Å². The van der Waals surface area contributed by atoms with E-state index in [9.17, 15) is 0 Å². The highest BCUT2D eigenvalue weighted by Gasteiger charge is 2.16. The lowest BCUT2D eigenvalue weighted by Gasteiger charge is -2.30. The fourth-order valence-corrected chi connectivity index (χ4v) is 3.13. The van der Waals surface area contributed by atoms with Crippen molar-refractivity contribution in [2.75, 3.05) is 31.2 Å². The van der Waals surface area contributed by atoms with Crippen LogP contribution < -0.4 is 4.90 Å². The van der Waals surface area contributed by atoms with E-state index in [4.69, 9.17) is 9.72 Å². The molecular weight excluding hydrogens is 260 g/mol. The lowest BCUT2D eigenvalue weighted by atomic mass is 10.0. The number of rotatable bonds is 1. The van der Waals surface area contributed by atoms with Crippen molar-refractivity contribution < 1.29 is 4.74 Å². The predicted molar refractivity (Wildman–Crippen MR) is 87.0 cm³/mol. The van der Waals surface area contributed by atoms with Crippen molar-refractivity contribution in [2.24, 2.45) is 0 Å². The zero-order valence-electron chi connectivity index (χ0n) is 12.2. The number of pyridine rings is 1. The molecule has 0 atom stereocenters. The first-order valence-electron chi connectivity index (χ1n) is 7.45. The van der Waals surface area contributed by atoms with Crippen molar-refractivity contribution in [3.8, 4) is 0 Å². The van der Waals surface area contributed by atoms with Gasteiger partial charge in [0.05, 0.1) is 18.7 Å². The molecule has 0 radical (unpaired) electrons. The van der Waals surface area contributed by atoms with Gasteiger partial charge in [0.1, 0.15) is 0 Å². The number of nitrogens with zero attached hydrogens (tertiary/aromatic N) is 2. The molecule has 1 saturated heterocycles. The van der Waals surface area contributed by atoms with Crippen molar-refractivity contribution in [2.45, 2.75) is 6.92 Å². The molecule has 1 fully saturated rings. The van der Waals surface area contributed by atoms with Gasteiger partial charge in [0.25, 0.3) is 0 Å². The zero-order chi connectivity index (χ0) is 14.2. The van der Waals surface area contributed by atoms with Crippen LogP contribution in [0.15, 0.2) is 42.5 Å². The zero-order valence-corrected chi connectivity index (χ0v) is 12.2. The Labute approximate surface area is 124 Å². The number of hydrogen-bond donors (Lipinski definition) is 0. The summed E-state index contributed by atoms with van der Waals surface area (Å²) in [5.74, 6) is 0. The van der Waals surface area contributed by atoms with E-state index < -0.39 is 0 Å². The van der Waals surface area contributed by atoms with Crippen LogP contribution in [0.3, 0.4) is 0 Å². The summed E-state index contributed by atoms with van der Waals surface area (Å²) in [5.41, 5.74) is 3.46. The lowest BCUT2D eigenvalue weighted by molar-refractivity contribution is 0.123. The molecule has 1 aromatic heterocycles. The number of aromatic nitrogens is 1. The summed E-state index contributed by atoms with van der Waals surface area (Å²) in [4.78, 5) is 7.21. The third-order valence-electron chi connectivity index (χ3n) is 4.16. The van der Waals surface area contributed by atoms with Gasteiger partial charge >= 0.3 is 0 Å².